The molecule has 6 nitrogen and oxygen atoms in total. The van der Waals surface area contributed by atoms with Crippen LogP contribution in [0.1, 0.15) is 11.7 Å². The van der Waals surface area contributed by atoms with Gasteiger partial charge in [-0.25, -0.2) is 9.97 Å². The molecule has 0 saturated heterocycles. The van der Waals surface area contributed by atoms with Crippen LogP contribution in [-0.2, 0) is 0 Å². The van der Waals surface area contributed by atoms with Crippen molar-refractivity contribution in [2.45, 2.75) is 10.9 Å². The molecule has 92 valence electrons. The van der Waals surface area contributed by atoms with Crippen LogP contribution in [-0.4, -0.2) is 20.6 Å². The Labute approximate surface area is 111 Å². The standard InChI is InChI=1S/C10H6ClN3O3S/c11-10-12-7-5(14(15)16)4-18-9(7)8(13-10)6-2-1-3-17-6/h1-3,5H,4H2. The van der Waals surface area contributed by atoms with E-state index in [-0.39, 0.29) is 10.2 Å². The van der Waals surface area contributed by atoms with E-state index in [0.717, 1.165) is 0 Å². The predicted octanol–water partition coefficient (Wildman–Crippen LogP) is 2.81. The first-order valence-electron chi connectivity index (χ1n) is 5.04. The number of nitro groups is 1. The van der Waals surface area contributed by atoms with Gasteiger partial charge >= 0.3 is 0 Å². The second-order valence-electron chi connectivity index (χ2n) is 3.65. The van der Waals surface area contributed by atoms with E-state index in [4.69, 9.17) is 16.0 Å². The number of rotatable bonds is 2. The quantitative estimate of drug-likeness (QED) is 0.479. The number of thioether (sulfide) groups is 1. The van der Waals surface area contributed by atoms with E-state index in [0.29, 0.717) is 27.8 Å². The molecule has 3 heterocycles. The number of aromatic nitrogens is 2. The Bertz CT molecular complexity index is 617. The molecule has 18 heavy (non-hydrogen) atoms. The van der Waals surface area contributed by atoms with Gasteiger partial charge in [0, 0.05) is 4.92 Å². The summed E-state index contributed by atoms with van der Waals surface area (Å²) in [5, 5.41) is 10.9. The average molecular weight is 284 g/mol. The molecule has 1 unspecified atom stereocenters. The smallest absolute Gasteiger partial charge is 0.265 e. The summed E-state index contributed by atoms with van der Waals surface area (Å²) in [6, 6.07) is 2.63. The third-order valence-electron chi connectivity index (χ3n) is 2.57. The minimum Gasteiger partial charge on any atom is -0.463 e. The monoisotopic (exact) mass is 283 g/mol. The van der Waals surface area contributed by atoms with E-state index in [9.17, 15) is 10.1 Å². The fraction of sp³-hybridized carbons (Fsp3) is 0.200. The maximum atomic E-state index is 10.9. The van der Waals surface area contributed by atoms with Crippen LogP contribution in [0.4, 0.5) is 0 Å². The topological polar surface area (TPSA) is 82.1 Å². The molecule has 0 spiro atoms. The molecular weight excluding hydrogens is 278 g/mol. The van der Waals surface area contributed by atoms with Gasteiger partial charge in [0.2, 0.25) is 5.28 Å². The van der Waals surface area contributed by atoms with Crippen molar-refractivity contribution in [1.82, 2.24) is 9.97 Å². The van der Waals surface area contributed by atoms with E-state index in [1.807, 2.05) is 0 Å². The highest BCUT2D eigenvalue weighted by Crippen LogP contribution is 2.43. The van der Waals surface area contributed by atoms with Crippen molar-refractivity contribution in [1.29, 1.82) is 0 Å². The molecule has 2 aromatic heterocycles. The lowest BCUT2D eigenvalue weighted by atomic mass is 10.2. The Morgan fingerprint density at radius 1 is 1.56 bits per heavy atom. The molecule has 1 aliphatic heterocycles. The van der Waals surface area contributed by atoms with Gasteiger partial charge in [0.25, 0.3) is 6.04 Å². The first-order valence-corrected chi connectivity index (χ1v) is 6.41. The highest BCUT2D eigenvalue weighted by atomic mass is 35.5. The van der Waals surface area contributed by atoms with E-state index in [1.54, 1.807) is 12.1 Å². The SMILES string of the molecule is O=[N+]([O-])C1CSc2c(-c3ccco3)nc(Cl)nc21. The second-order valence-corrected chi connectivity index (χ2v) is 5.01. The molecule has 0 aliphatic carbocycles. The summed E-state index contributed by atoms with van der Waals surface area (Å²) in [5.74, 6) is 0.873. The van der Waals surface area contributed by atoms with Crippen molar-refractivity contribution in [3.63, 3.8) is 0 Å². The zero-order chi connectivity index (χ0) is 12.7. The van der Waals surface area contributed by atoms with Crippen LogP contribution in [0.25, 0.3) is 11.5 Å². The van der Waals surface area contributed by atoms with Gasteiger partial charge in [-0.15, -0.1) is 11.8 Å². The van der Waals surface area contributed by atoms with Crippen LogP contribution in [0.15, 0.2) is 27.7 Å². The molecule has 0 radical (unpaired) electrons. The molecule has 0 N–H and O–H groups in total. The lowest BCUT2D eigenvalue weighted by Crippen LogP contribution is -2.11. The molecule has 0 amide bonds. The second kappa shape index (κ2) is 4.25. The van der Waals surface area contributed by atoms with E-state index in [2.05, 4.69) is 9.97 Å². The van der Waals surface area contributed by atoms with Gasteiger partial charge in [-0.1, -0.05) is 0 Å². The van der Waals surface area contributed by atoms with Crippen LogP contribution in [0, 0.1) is 10.1 Å². The van der Waals surface area contributed by atoms with Gasteiger partial charge in [-0.05, 0) is 23.7 Å². The van der Waals surface area contributed by atoms with Crippen LogP contribution in [0.2, 0.25) is 5.28 Å². The maximum absolute atomic E-state index is 10.9. The average Bonchev–Trinajstić information content (AvgIpc) is 2.96. The highest BCUT2D eigenvalue weighted by molar-refractivity contribution is 7.99. The Kier molecular flexibility index (Phi) is 2.71. The van der Waals surface area contributed by atoms with Gasteiger partial charge in [0.15, 0.2) is 5.76 Å². The molecule has 0 aromatic carbocycles. The third kappa shape index (κ3) is 1.75. The van der Waals surface area contributed by atoms with E-state index < -0.39 is 6.04 Å². The molecule has 2 aromatic rings. The summed E-state index contributed by atoms with van der Waals surface area (Å²) >= 11 is 7.17. The van der Waals surface area contributed by atoms with Crippen LogP contribution in [0.5, 0.6) is 0 Å². The first-order chi connectivity index (χ1) is 8.66. The summed E-state index contributed by atoms with van der Waals surface area (Å²) in [7, 11) is 0. The predicted molar refractivity (Wildman–Crippen MR) is 65.2 cm³/mol. The number of fused-ring (bicyclic) bond motifs is 1. The Morgan fingerprint density at radius 2 is 2.39 bits per heavy atom. The molecule has 3 rings (SSSR count). The third-order valence-corrected chi connectivity index (χ3v) is 3.92. The molecular formula is C10H6ClN3O3S. The van der Waals surface area contributed by atoms with Crippen molar-refractivity contribution >= 4 is 23.4 Å². The number of hydrogen-bond acceptors (Lipinski definition) is 6. The van der Waals surface area contributed by atoms with Crippen LogP contribution < -0.4 is 0 Å². The van der Waals surface area contributed by atoms with Crippen molar-refractivity contribution < 1.29 is 9.34 Å². The van der Waals surface area contributed by atoms with E-state index >= 15 is 0 Å². The number of furan rings is 1. The first kappa shape index (κ1) is 11.5. The largest absolute Gasteiger partial charge is 0.463 e. The molecule has 0 fully saturated rings. The highest BCUT2D eigenvalue weighted by Gasteiger charge is 2.37. The fourth-order valence-corrected chi connectivity index (χ4v) is 3.18. The minimum absolute atomic E-state index is 0.00509. The van der Waals surface area contributed by atoms with Gasteiger partial charge < -0.3 is 4.42 Å². The lowest BCUT2D eigenvalue weighted by molar-refractivity contribution is -0.523. The fourth-order valence-electron chi connectivity index (χ4n) is 1.79. The zero-order valence-electron chi connectivity index (χ0n) is 8.87. The minimum atomic E-state index is -0.834. The van der Waals surface area contributed by atoms with Gasteiger partial charge in [-0.3, -0.25) is 10.1 Å². The Morgan fingerprint density at radius 3 is 3.06 bits per heavy atom. The molecule has 1 aliphatic rings. The van der Waals surface area contributed by atoms with Crippen molar-refractivity contribution in [3.05, 3.63) is 39.5 Å². The Balaban J connectivity index is 2.19. The molecule has 8 heteroatoms. The summed E-state index contributed by atoms with van der Waals surface area (Å²) < 4.78 is 5.26. The number of hydrogen-bond donors (Lipinski definition) is 0. The van der Waals surface area contributed by atoms with Crippen molar-refractivity contribution in [2.75, 3.05) is 5.75 Å². The van der Waals surface area contributed by atoms with Crippen molar-refractivity contribution in [2.24, 2.45) is 0 Å². The van der Waals surface area contributed by atoms with Crippen LogP contribution in [0.3, 0.4) is 0 Å². The summed E-state index contributed by atoms with van der Waals surface area (Å²) in [5.41, 5.74) is 0.890. The van der Waals surface area contributed by atoms with Gasteiger partial charge in [0.05, 0.1) is 16.9 Å². The lowest BCUT2D eigenvalue weighted by Gasteiger charge is -2.04. The van der Waals surface area contributed by atoms with E-state index in [1.165, 1.54) is 18.0 Å². The summed E-state index contributed by atoms with van der Waals surface area (Å²) in [6.45, 7) is 0. The normalized spacial score (nSPS) is 17.7. The van der Waals surface area contributed by atoms with Gasteiger partial charge in [0.1, 0.15) is 11.4 Å². The van der Waals surface area contributed by atoms with Crippen molar-refractivity contribution in [3.8, 4) is 11.5 Å². The molecule has 1 atom stereocenters. The number of halogens is 1. The van der Waals surface area contributed by atoms with Gasteiger partial charge in [-0.2, -0.15) is 0 Å². The maximum Gasteiger partial charge on any atom is 0.265 e. The summed E-state index contributed by atoms with van der Waals surface area (Å²) in [6.07, 6.45) is 1.52. The summed E-state index contributed by atoms with van der Waals surface area (Å²) in [4.78, 5) is 19.3. The molecule has 0 saturated carbocycles. The zero-order valence-corrected chi connectivity index (χ0v) is 10.4. The van der Waals surface area contributed by atoms with Crippen LogP contribution >= 0.6 is 23.4 Å². The Hall–Kier alpha value is -1.60. The number of nitrogens with zero attached hydrogens (tertiary/aromatic N) is 3. The molecule has 0 bridgehead atoms.